The molecule has 2 heterocycles. The number of nitrogens with zero attached hydrogens (tertiary/aromatic N) is 2. The predicted octanol–water partition coefficient (Wildman–Crippen LogP) is 3.50. The van der Waals surface area contributed by atoms with Crippen molar-refractivity contribution in [3.63, 3.8) is 0 Å². The molecule has 1 aromatic heterocycles. The van der Waals surface area contributed by atoms with Crippen molar-refractivity contribution in [3.8, 4) is 11.8 Å². The van der Waals surface area contributed by atoms with Crippen molar-refractivity contribution >= 4 is 45.6 Å². The van der Waals surface area contributed by atoms with E-state index in [2.05, 4.69) is 27.0 Å². The fourth-order valence-electron chi connectivity index (χ4n) is 2.52. The Bertz CT molecular complexity index is 804. The molecule has 124 valence electrons. The molecule has 7 heteroatoms. The van der Waals surface area contributed by atoms with E-state index in [9.17, 15) is 4.79 Å². The van der Waals surface area contributed by atoms with Gasteiger partial charge in [-0.25, -0.2) is 4.98 Å². The minimum atomic E-state index is -0.298. The molecule has 4 nitrogen and oxygen atoms in total. The summed E-state index contributed by atoms with van der Waals surface area (Å²) >= 11 is 13.5. The molecule has 1 N–H and O–H groups in total. The van der Waals surface area contributed by atoms with Crippen LogP contribution in [0.3, 0.4) is 0 Å². The first-order valence-corrected chi connectivity index (χ1v) is 9.03. The first kappa shape index (κ1) is 17.1. The Morgan fingerprint density at radius 3 is 2.79 bits per heavy atom. The van der Waals surface area contributed by atoms with Crippen molar-refractivity contribution < 1.29 is 4.79 Å². The maximum absolute atomic E-state index is 12.0. The van der Waals surface area contributed by atoms with Gasteiger partial charge in [0, 0.05) is 51.7 Å². The largest absolute Gasteiger partial charge is 0.346 e. The minimum absolute atomic E-state index is 0.0824. The van der Waals surface area contributed by atoms with Gasteiger partial charge < -0.3 is 10.2 Å². The highest BCUT2D eigenvalue weighted by Gasteiger charge is 2.25. The molecule has 0 spiro atoms. The predicted molar refractivity (Wildman–Crippen MR) is 99.0 cm³/mol. The lowest BCUT2D eigenvalue weighted by molar-refractivity contribution is -0.116. The van der Waals surface area contributed by atoms with Gasteiger partial charge in [0.05, 0.1) is 0 Å². The SMILES string of the molecule is Cc1cnc(N2CCC(NC(=O)C#Cc3cc(Cl)cc(Cl)c3)C2)s1. The topological polar surface area (TPSA) is 45.2 Å². The van der Waals surface area contributed by atoms with Crippen LogP contribution >= 0.6 is 34.5 Å². The normalized spacial score (nSPS) is 16.6. The molecular formula is C17H15Cl2N3OS. The summed E-state index contributed by atoms with van der Waals surface area (Å²) in [5.41, 5.74) is 0.619. The van der Waals surface area contributed by atoms with E-state index < -0.39 is 0 Å². The first-order valence-electron chi connectivity index (χ1n) is 7.45. The van der Waals surface area contributed by atoms with Crippen molar-refractivity contribution in [1.29, 1.82) is 0 Å². The number of thiazole rings is 1. The van der Waals surface area contributed by atoms with E-state index in [1.54, 1.807) is 29.5 Å². The molecule has 0 saturated carbocycles. The van der Waals surface area contributed by atoms with Crippen LogP contribution in [0.1, 0.15) is 16.9 Å². The number of hydrogen-bond acceptors (Lipinski definition) is 4. The number of carbonyl (C=O) groups excluding carboxylic acids is 1. The van der Waals surface area contributed by atoms with Gasteiger partial charge in [-0.05, 0) is 31.5 Å². The summed E-state index contributed by atoms with van der Waals surface area (Å²) in [4.78, 5) is 19.8. The molecule has 1 saturated heterocycles. The Hall–Kier alpha value is -1.74. The molecule has 1 aromatic carbocycles. The number of aryl methyl sites for hydroxylation is 1. The van der Waals surface area contributed by atoms with Crippen LogP contribution in [0, 0.1) is 18.8 Å². The second-order valence-corrected chi connectivity index (χ2v) is 7.65. The summed E-state index contributed by atoms with van der Waals surface area (Å²) in [6.07, 6.45) is 2.75. The highest BCUT2D eigenvalue weighted by atomic mass is 35.5. The molecule has 3 rings (SSSR count). The number of hydrogen-bond donors (Lipinski definition) is 1. The van der Waals surface area contributed by atoms with E-state index in [-0.39, 0.29) is 11.9 Å². The van der Waals surface area contributed by atoms with E-state index in [1.165, 1.54) is 4.88 Å². The minimum Gasteiger partial charge on any atom is -0.346 e. The van der Waals surface area contributed by atoms with Gasteiger partial charge in [0.1, 0.15) is 0 Å². The Labute approximate surface area is 154 Å². The second kappa shape index (κ2) is 7.43. The molecule has 24 heavy (non-hydrogen) atoms. The Morgan fingerprint density at radius 2 is 2.12 bits per heavy atom. The maximum atomic E-state index is 12.0. The van der Waals surface area contributed by atoms with Gasteiger partial charge in [-0.2, -0.15) is 0 Å². The zero-order chi connectivity index (χ0) is 17.1. The third-order valence-corrected chi connectivity index (χ3v) is 5.00. The average Bonchev–Trinajstić information content (AvgIpc) is 3.13. The molecule has 1 aliphatic heterocycles. The molecule has 0 aliphatic carbocycles. The standard InChI is InChI=1S/C17H15Cl2N3OS/c1-11-9-20-17(24-11)22-5-4-15(10-22)21-16(23)3-2-12-6-13(18)8-14(19)7-12/h6-9,15H,4-5,10H2,1H3,(H,21,23). The number of carbonyl (C=O) groups is 1. The average molecular weight is 380 g/mol. The summed E-state index contributed by atoms with van der Waals surface area (Å²) in [5.74, 6) is 5.08. The fraction of sp³-hybridized carbons (Fsp3) is 0.294. The van der Waals surface area contributed by atoms with Crippen LogP contribution in [0.25, 0.3) is 0 Å². The number of amides is 1. The number of aromatic nitrogens is 1. The zero-order valence-corrected chi connectivity index (χ0v) is 15.3. The van der Waals surface area contributed by atoms with Crippen LogP contribution in [0.5, 0.6) is 0 Å². The lowest BCUT2D eigenvalue weighted by Crippen LogP contribution is -2.36. The Balaban J connectivity index is 1.57. The number of rotatable bonds is 2. The Kier molecular flexibility index (Phi) is 5.30. The second-order valence-electron chi connectivity index (χ2n) is 5.57. The number of nitrogens with one attached hydrogen (secondary N) is 1. The third kappa shape index (κ3) is 4.41. The van der Waals surface area contributed by atoms with Crippen molar-refractivity contribution in [2.45, 2.75) is 19.4 Å². The van der Waals surface area contributed by atoms with Crippen molar-refractivity contribution in [2.24, 2.45) is 0 Å². The van der Waals surface area contributed by atoms with Crippen LogP contribution in [0.4, 0.5) is 5.13 Å². The van der Waals surface area contributed by atoms with Crippen molar-refractivity contribution in [2.75, 3.05) is 18.0 Å². The van der Waals surface area contributed by atoms with Crippen LogP contribution in [-0.2, 0) is 4.79 Å². The van der Waals surface area contributed by atoms with Gasteiger partial charge in [0.2, 0.25) is 0 Å². The van der Waals surface area contributed by atoms with E-state index in [1.807, 2.05) is 13.1 Å². The van der Waals surface area contributed by atoms with Gasteiger partial charge in [-0.15, -0.1) is 11.3 Å². The van der Waals surface area contributed by atoms with Gasteiger partial charge in [-0.1, -0.05) is 29.1 Å². The first-order chi connectivity index (χ1) is 11.5. The fourth-order valence-corrected chi connectivity index (χ4v) is 3.84. The summed E-state index contributed by atoms with van der Waals surface area (Å²) in [6.45, 7) is 3.67. The summed E-state index contributed by atoms with van der Waals surface area (Å²) < 4.78 is 0. The van der Waals surface area contributed by atoms with Gasteiger partial charge in [0.25, 0.3) is 5.91 Å². The van der Waals surface area contributed by atoms with Crippen molar-refractivity contribution in [3.05, 3.63) is 44.9 Å². The van der Waals surface area contributed by atoms with E-state index >= 15 is 0 Å². The van der Waals surface area contributed by atoms with E-state index in [4.69, 9.17) is 23.2 Å². The molecule has 1 fully saturated rings. The third-order valence-electron chi connectivity index (χ3n) is 3.59. The molecule has 0 radical (unpaired) electrons. The smallest absolute Gasteiger partial charge is 0.296 e. The molecular weight excluding hydrogens is 365 g/mol. The maximum Gasteiger partial charge on any atom is 0.296 e. The monoisotopic (exact) mass is 379 g/mol. The molecule has 1 unspecified atom stereocenters. The highest BCUT2D eigenvalue weighted by Crippen LogP contribution is 2.25. The quantitative estimate of drug-likeness (QED) is 0.812. The lowest BCUT2D eigenvalue weighted by Gasteiger charge is -2.14. The molecule has 1 atom stereocenters. The van der Waals surface area contributed by atoms with E-state index in [0.717, 1.165) is 24.6 Å². The zero-order valence-electron chi connectivity index (χ0n) is 13.0. The van der Waals surface area contributed by atoms with Crippen LogP contribution in [0.15, 0.2) is 24.4 Å². The molecule has 1 aliphatic rings. The molecule has 2 aromatic rings. The molecule has 1 amide bonds. The number of halogens is 2. The Morgan fingerprint density at radius 1 is 1.38 bits per heavy atom. The van der Waals surface area contributed by atoms with Crippen LogP contribution in [-0.4, -0.2) is 30.0 Å². The number of anilines is 1. The highest BCUT2D eigenvalue weighted by molar-refractivity contribution is 7.15. The lowest BCUT2D eigenvalue weighted by atomic mass is 10.2. The van der Waals surface area contributed by atoms with Crippen LogP contribution < -0.4 is 10.2 Å². The van der Waals surface area contributed by atoms with Gasteiger partial charge >= 0.3 is 0 Å². The summed E-state index contributed by atoms with van der Waals surface area (Å²) in [5, 5.41) is 4.94. The summed E-state index contributed by atoms with van der Waals surface area (Å²) in [7, 11) is 0. The van der Waals surface area contributed by atoms with Crippen molar-refractivity contribution in [1.82, 2.24) is 10.3 Å². The van der Waals surface area contributed by atoms with Gasteiger partial charge in [-0.3, -0.25) is 4.79 Å². The van der Waals surface area contributed by atoms with Gasteiger partial charge in [0.15, 0.2) is 5.13 Å². The van der Waals surface area contributed by atoms with Crippen LogP contribution in [0.2, 0.25) is 10.0 Å². The number of benzene rings is 1. The molecule has 0 bridgehead atoms. The van der Waals surface area contributed by atoms with E-state index in [0.29, 0.717) is 15.6 Å². The summed E-state index contributed by atoms with van der Waals surface area (Å²) in [6, 6.07) is 5.06.